The Kier molecular flexibility index (Phi) is 6.24. The van der Waals surface area contributed by atoms with Crippen LogP contribution in [0.5, 0.6) is 5.75 Å². The molecule has 1 saturated heterocycles. The van der Waals surface area contributed by atoms with E-state index in [2.05, 4.69) is 4.90 Å². The van der Waals surface area contributed by atoms with Gasteiger partial charge in [-0.1, -0.05) is 12.1 Å². The minimum absolute atomic E-state index is 0.0416. The molecule has 0 radical (unpaired) electrons. The third-order valence-corrected chi connectivity index (χ3v) is 5.33. The highest BCUT2D eigenvalue weighted by Gasteiger charge is 2.34. The number of aliphatic hydroxyl groups is 1. The molecule has 2 aromatic carbocycles. The number of Topliss-reactive ketones (excluding diaryl/α,β-unsaturated/α-hetero) is 1. The number of carbonyl (C=O) groups is 1. The molecule has 3 rings (SSSR count). The SMILES string of the molecule is COc1cccc(C2(O)CCN(CCCC(=O)c3ccc(F)cc3)CC2)c1. The van der Waals surface area contributed by atoms with Gasteiger partial charge in [0.15, 0.2) is 5.78 Å². The first-order valence-corrected chi connectivity index (χ1v) is 9.38. The van der Waals surface area contributed by atoms with Gasteiger partial charge in [0, 0.05) is 25.1 Å². The van der Waals surface area contributed by atoms with E-state index in [0.29, 0.717) is 24.8 Å². The molecule has 1 N–H and O–H groups in total. The lowest BCUT2D eigenvalue weighted by Gasteiger charge is -2.38. The standard InChI is InChI=1S/C22H26FNO3/c1-27-20-5-2-4-18(16-20)22(26)11-14-24(15-12-22)13-3-6-21(25)17-7-9-19(23)10-8-17/h2,4-5,7-10,16,26H,3,6,11-15H2,1H3. The summed E-state index contributed by atoms with van der Waals surface area (Å²) in [5.41, 5.74) is 0.630. The third kappa shape index (κ3) is 4.93. The molecule has 1 fully saturated rings. The molecule has 0 spiro atoms. The minimum Gasteiger partial charge on any atom is -0.497 e. The molecule has 1 aliphatic heterocycles. The summed E-state index contributed by atoms with van der Waals surface area (Å²) in [5.74, 6) is 0.464. The zero-order chi connectivity index (χ0) is 19.3. The van der Waals surface area contributed by atoms with Crippen LogP contribution in [-0.2, 0) is 5.60 Å². The molecule has 5 heteroatoms. The Labute approximate surface area is 159 Å². The van der Waals surface area contributed by atoms with Crippen molar-refractivity contribution in [2.75, 3.05) is 26.7 Å². The number of rotatable bonds is 7. The van der Waals surface area contributed by atoms with Gasteiger partial charge in [-0.15, -0.1) is 0 Å². The molecule has 4 nitrogen and oxygen atoms in total. The maximum absolute atomic E-state index is 12.9. The van der Waals surface area contributed by atoms with Crippen LogP contribution >= 0.6 is 0 Å². The van der Waals surface area contributed by atoms with E-state index in [-0.39, 0.29) is 11.6 Å². The van der Waals surface area contributed by atoms with Gasteiger partial charge in [-0.2, -0.15) is 0 Å². The second-order valence-corrected chi connectivity index (χ2v) is 7.14. The van der Waals surface area contributed by atoms with E-state index in [9.17, 15) is 14.3 Å². The fourth-order valence-corrected chi connectivity index (χ4v) is 3.59. The van der Waals surface area contributed by atoms with Gasteiger partial charge in [0.25, 0.3) is 0 Å². The molecule has 0 amide bonds. The summed E-state index contributed by atoms with van der Waals surface area (Å²) in [7, 11) is 1.62. The number of hydrogen-bond acceptors (Lipinski definition) is 4. The van der Waals surface area contributed by atoms with Gasteiger partial charge < -0.3 is 14.7 Å². The third-order valence-electron chi connectivity index (χ3n) is 5.33. The number of ketones is 1. The molecule has 1 heterocycles. The van der Waals surface area contributed by atoms with E-state index in [0.717, 1.165) is 37.4 Å². The number of piperidine rings is 1. The van der Waals surface area contributed by atoms with Gasteiger partial charge >= 0.3 is 0 Å². The van der Waals surface area contributed by atoms with Crippen molar-refractivity contribution in [2.24, 2.45) is 0 Å². The van der Waals surface area contributed by atoms with Gasteiger partial charge in [-0.25, -0.2) is 4.39 Å². The smallest absolute Gasteiger partial charge is 0.162 e. The van der Waals surface area contributed by atoms with Crippen molar-refractivity contribution >= 4 is 5.78 Å². The summed E-state index contributed by atoms with van der Waals surface area (Å²) in [5, 5.41) is 11.0. The van der Waals surface area contributed by atoms with Gasteiger partial charge in [0.05, 0.1) is 12.7 Å². The Bertz CT molecular complexity index is 767. The van der Waals surface area contributed by atoms with E-state index in [1.54, 1.807) is 7.11 Å². The largest absolute Gasteiger partial charge is 0.497 e. The van der Waals surface area contributed by atoms with Gasteiger partial charge in [0.1, 0.15) is 11.6 Å². The second-order valence-electron chi connectivity index (χ2n) is 7.14. The van der Waals surface area contributed by atoms with Crippen LogP contribution < -0.4 is 4.74 Å². The normalized spacial score (nSPS) is 16.9. The fraction of sp³-hybridized carbons (Fsp3) is 0.409. The Morgan fingerprint density at radius 3 is 2.56 bits per heavy atom. The number of ether oxygens (including phenoxy) is 1. The van der Waals surface area contributed by atoms with Crippen LogP contribution in [0.3, 0.4) is 0 Å². The molecule has 0 bridgehead atoms. The number of hydrogen-bond donors (Lipinski definition) is 1. The summed E-state index contributed by atoms with van der Waals surface area (Å²) < 4.78 is 18.2. The maximum atomic E-state index is 12.9. The number of benzene rings is 2. The summed E-state index contributed by atoms with van der Waals surface area (Å²) in [4.78, 5) is 14.4. The zero-order valence-corrected chi connectivity index (χ0v) is 15.7. The van der Waals surface area contributed by atoms with Crippen molar-refractivity contribution < 1.29 is 19.0 Å². The van der Waals surface area contributed by atoms with Crippen molar-refractivity contribution in [1.29, 1.82) is 0 Å². The molecule has 0 saturated carbocycles. The van der Waals surface area contributed by atoms with Crippen molar-refractivity contribution in [2.45, 2.75) is 31.3 Å². The van der Waals surface area contributed by atoms with Gasteiger partial charge in [0.2, 0.25) is 0 Å². The van der Waals surface area contributed by atoms with Crippen LogP contribution in [0.1, 0.15) is 41.6 Å². The average molecular weight is 371 g/mol. The molecule has 0 aromatic heterocycles. The van der Waals surface area contributed by atoms with Crippen molar-refractivity contribution in [1.82, 2.24) is 4.90 Å². The zero-order valence-electron chi connectivity index (χ0n) is 15.7. The minimum atomic E-state index is -0.824. The first-order valence-electron chi connectivity index (χ1n) is 9.38. The lowest BCUT2D eigenvalue weighted by molar-refractivity contribution is -0.0261. The van der Waals surface area contributed by atoms with Crippen molar-refractivity contribution in [3.8, 4) is 5.75 Å². The highest BCUT2D eigenvalue weighted by atomic mass is 19.1. The van der Waals surface area contributed by atoms with Gasteiger partial charge in [-0.05, 0) is 67.8 Å². The number of carbonyl (C=O) groups excluding carboxylic acids is 1. The molecule has 0 atom stereocenters. The Morgan fingerprint density at radius 1 is 1.19 bits per heavy atom. The lowest BCUT2D eigenvalue weighted by Crippen LogP contribution is -2.42. The number of nitrogens with zero attached hydrogens (tertiary/aromatic N) is 1. The predicted octanol–water partition coefficient (Wildman–Crippen LogP) is 3.78. The van der Waals surface area contributed by atoms with Gasteiger partial charge in [-0.3, -0.25) is 4.79 Å². The molecule has 2 aromatic rings. The van der Waals surface area contributed by atoms with E-state index >= 15 is 0 Å². The van der Waals surface area contributed by atoms with Crippen molar-refractivity contribution in [3.63, 3.8) is 0 Å². The topological polar surface area (TPSA) is 49.8 Å². The van der Waals surface area contributed by atoms with Crippen LogP contribution in [0.4, 0.5) is 4.39 Å². The Morgan fingerprint density at radius 2 is 1.89 bits per heavy atom. The molecule has 1 aliphatic rings. The van der Waals surface area contributed by atoms with E-state index < -0.39 is 5.60 Å². The van der Waals surface area contributed by atoms with Crippen LogP contribution in [0.2, 0.25) is 0 Å². The van der Waals surface area contributed by atoms with Crippen LogP contribution in [-0.4, -0.2) is 42.5 Å². The lowest BCUT2D eigenvalue weighted by atomic mass is 9.84. The maximum Gasteiger partial charge on any atom is 0.162 e. The number of halogens is 1. The Balaban J connectivity index is 1.46. The molecule has 27 heavy (non-hydrogen) atoms. The highest BCUT2D eigenvalue weighted by molar-refractivity contribution is 5.95. The first kappa shape index (κ1) is 19.5. The molecule has 0 aliphatic carbocycles. The monoisotopic (exact) mass is 371 g/mol. The van der Waals surface area contributed by atoms with Crippen molar-refractivity contribution in [3.05, 3.63) is 65.5 Å². The second kappa shape index (κ2) is 8.63. The molecular weight excluding hydrogens is 345 g/mol. The van der Waals surface area contributed by atoms with E-state index in [4.69, 9.17) is 4.74 Å². The summed E-state index contributed by atoms with van der Waals surface area (Å²) in [6, 6.07) is 13.3. The number of methoxy groups -OCH3 is 1. The molecular formula is C22H26FNO3. The average Bonchev–Trinajstić information content (AvgIpc) is 2.70. The fourth-order valence-electron chi connectivity index (χ4n) is 3.59. The summed E-state index contributed by atoms with van der Waals surface area (Å²) in [6.07, 6.45) is 2.52. The summed E-state index contributed by atoms with van der Waals surface area (Å²) >= 11 is 0. The van der Waals surface area contributed by atoms with E-state index in [1.807, 2.05) is 24.3 Å². The van der Waals surface area contributed by atoms with Crippen LogP contribution in [0.25, 0.3) is 0 Å². The Hall–Kier alpha value is -2.24. The molecule has 0 unspecified atom stereocenters. The number of likely N-dealkylation sites (tertiary alicyclic amines) is 1. The first-order chi connectivity index (χ1) is 13.0. The highest BCUT2D eigenvalue weighted by Crippen LogP contribution is 2.34. The molecule has 144 valence electrons. The quantitative estimate of drug-likeness (QED) is 0.753. The van der Waals surface area contributed by atoms with Crippen LogP contribution in [0.15, 0.2) is 48.5 Å². The van der Waals surface area contributed by atoms with E-state index in [1.165, 1.54) is 24.3 Å². The van der Waals surface area contributed by atoms with Crippen LogP contribution in [0, 0.1) is 5.82 Å². The predicted molar refractivity (Wildman–Crippen MR) is 103 cm³/mol. The summed E-state index contributed by atoms with van der Waals surface area (Å²) in [6.45, 7) is 2.40.